The van der Waals surface area contributed by atoms with Crippen molar-refractivity contribution in [1.29, 1.82) is 0 Å². The highest BCUT2D eigenvalue weighted by atomic mass is 16.4. The lowest BCUT2D eigenvalue weighted by molar-refractivity contribution is 0.581. The Morgan fingerprint density at radius 3 is 0.772 bits per heavy atom. The van der Waals surface area contributed by atoms with E-state index in [0.29, 0.717) is 35.3 Å². The van der Waals surface area contributed by atoms with Gasteiger partial charge in [-0.05, 0) is 134 Å². The SMILES string of the molecule is CC(C)(C)c1ccc(-c2nnc(-c3ccc(-c4ccccc4)cc3)n2-c2ccccc2)cc1.CC(C)(C)c1ccc(-c2nnc(-c3ccc(-c4ccccc4)cc3)o2)cc1.CC(C)(C)c1ccc(-c2nnc(-c3cccc(-c4nnc(-c5ccccc5)o4)c3)o2)cc1. The zero-order valence-electron chi connectivity index (χ0n) is 53.2. The number of hydrogen-bond donors (Lipinski definition) is 0. The maximum Gasteiger partial charge on any atom is 0.248 e. The summed E-state index contributed by atoms with van der Waals surface area (Å²) in [6, 6.07) is 90.3. The van der Waals surface area contributed by atoms with Crippen LogP contribution in [0.25, 0.3) is 119 Å². The first-order valence-corrected chi connectivity index (χ1v) is 30.8. The second-order valence-corrected chi connectivity index (χ2v) is 25.6. The van der Waals surface area contributed by atoms with Crippen LogP contribution in [0, 0.1) is 0 Å². The summed E-state index contributed by atoms with van der Waals surface area (Å²) in [6.07, 6.45) is 0. The molecule has 0 aliphatic heterocycles. The van der Waals surface area contributed by atoms with Gasteiger partial charge >= 0.3 is 0 Å². The van der Waals surface area contributed by atoms with Crippen LogP contribution >= 0.6 is 0 Å². The molecule has 0 unspecified atom stereocenters. The molecule has 4 aromatic heterocycles. The molecule has 0 amide bonds. The van der Waals surface area contributed by atoms with E-state index in [-0.39, 0.29) is 16.2 Å². The van der Waals surface area contributed by atoms with Crippen molar-refractivity contribution in [1.82, 2.24) is 45.4 Å². The van der Waals surface area contributed by atoms with Crippen molar-refractivity contribution < 1.29 is 13.3 Å². The van der Waals surface area contributed by atoms with E-state index in [1.807, 2.05) is 133 Å². The van der Waals surface area contributed by atoms with E-state index in [2.05, 4.69) is 241 Å². The summed E-state index contributed by atoms with van der Waals surface area (Å²) in [5, 5.41) is 34.5. The number of rotatable bonds is 11. The van der Waals surface area contributed by atoms with Gasteiger partial charge in [-0.2, -0.15) is 0 Å². The van der Waals surface area contributed by atoms with Gasteiger partial charge < -0.3 is 13.3 Å². The van der Waals surface area contributed by atoms with Crippen LogP contribution in [0.3, 0.4) is 0 Å². The summed E-state index contributed by atoms with van der Waals surface area (Å²) in [6.45, 7) is 19.8. The number of benzene rings is 10. The van der Waals surface area contributed by atoms with E-state index in [9.17, 15) is 0 Å². The molecular formula is C80H71N9O3. The van der Waals surface area contributed by atoms with Crippen LogP contribution in [0.4, 0.5) is 0 Å². The molecule has 0 aliphatic carbocycles. The molecule has 0 bridgehead atoms. The molecule has 0 radical (unpaired) electrons. The Hall–Kier alpha value is -11.2. The number of nitrogens with zero attached hydrogens (tertiary/aromatic N) is 9. The van der Waals surface area contributed by atoms with Gasteiger partial charge in [-0.1, -0.05) is 250 Å². The van der Waals surface area contributed by atoms with Gasteiger partial charge in [-0.3, -0.25) is 4.57 Å². The van der Waals surface area contributed by atoms with Crippen LogP contribution in [-0.2, 0) is 16.2 Å². The Morgan fingerprint density at radius 2 is 0.446 bits per heavy atom. The largest absolute Gasteiger partial charge is 0.416 e. The highest BCUT2D eigenvalue weighted by Gasteiger charge is 2.22. The predicted octanol–water partition coefficient (Wildman–Crippen LogP) is 20.4. The molecule has 454 valence electrons. The van der Waals surface area contributed by atoms with Crippen LogP contribution < -0.4 is 0 Å². The standard InChI is InChI=1S/C30H27N3.C26H22N4O2.C24H22N2O/c1-30(2,3)26-20-18-25(19-21-26)29-32-31-28(33(29)27-12-8-5-9-13-27)24-16-14-23(15-17-24)22-10-6-4-7-11-22;1-26(2,3)21-14-12-18(13-15-21)23-28-30-25(32-23)20-11-7-10-19(16-20)24-29-27-22(31-24)17-8-5-4-6-9-17;1-24(2,3)21-15-13-20(14-16-21)23-26-25-22(27-23)19-11-9-18(10-12-19)17-7-5-4-6-8-17/h4-21H,1-3H3;4-16H,1-3H3;4-16H,1-3H3. The second-order valence-electron chi connectivity index (χ2n) is 25.6. The average Bonchev–Trinajstić information content (AvgIpc) is 1.78. The van der Waals surface area contributed by atoms with Gasteiger partial charge in [-0.25, -0.2) is 0 Å². The average molecular weight is 1210 g/mol. The van der Waals surface area contributed by atoms with Gasteiger partial charge in [0.2, 0.25) is 35.3 Å². The van der Waals surface area contributed by atoms with E-state index in [1.165, 1.54) is 33.4 Å². The van der Waals surface area contributed by atoms with E-state index >= 15 is 0 Å². The van der Waals surface area contributed by atoms with Crippen molar-refractivity contribution >= 4 is 0 Å². The number of aromatic nitrogens is 9. The fourth-order valence-corrected chi connectivity index (χ4v) is 10.4. The molecule has 14 aromatic rings. The Labute approximate surface area is 537 Å². The molecule has 0 fully saturated rings. The maximum absolute atomic E-state index is 5.96. The van der Waals surface area contributed by atoms with Crippen molar-refractivity contribution in [2.45, 2.75) is 78.6 Å². The van der Waals surface area contributed by atoms with Gasteiger partial charge in [0, 0.05) is 50.2 Å². The minimum atomic E-state index is 0.0914. The molecule has 14 rings (SSSR count). The summed E-state index contributed by atoms with van der Waals surface area (Å²) in [4.78, 5) is 0. The second kappa shape index (κ2) is 26.5. The van der Waals surface area contributed by atoms with E-state index in [4.69, 9.17) is 13.3 Å². The number of para-hydroxylation sites is 1. The van der Waals surface area contributed by atoms with Gasteiger partial charge in [0.1, 0.15) is 0 Å². The monoisotopic (exact) mass is 1210 g/mol. The summed E-state index contributed by atoms with van der Waals surface area (Å²) >= 11 is 0. The first-order valence-electron chi connectivity index (χ1n) is 30.8. The zero-order valence-corrected chi connectivity index (χ0v) is 53.2. The van der Waals surface area contributed by atoms with E-state index < -0.39 is 0 Å². The maximum atomic E-state index is 5.96. The molecule has 0 atom stereocenters. The molecule has 0 saturated carbocycles. The lowest BCUT2D eigenvalue weighted by Gasteiger charge is -2.19. The minimum Gasteiger partial charge on any atom is -0.416 e. The van der Waals surface area contributed by atoms with Gasteiger partial charge in [0.05, 0.1) is 0 Å². The van der Waals surface area contributed by atoms with Crippen LogP contribution in [-0.4, -0.2) is 45.4 Å². The molecule has 12 heteroatoms. The summed E-state index contributed by atoms with van der Waals surface area (Å²) in [5.74, 6) is 4.56. The summed E-state index contributed by atoms with van der Waals surface area (Å²) < 4.78 is 19.9. The van der Waals surface area contributed by atoms with Crippen molar-refractivity contribution in [3.05, 3.63) is 284 Å². The third kappa shape index (κ3) is 14.3. The van der Waals surface area contributed by atoms with Gasteiger partial charge in [0.15, 0.2) is 11.6 Å². The van der Waals surface area contributed by atoms with Crippen LogP contribution in [0.1, 0.15) is 79.0 Å². The van der Waals surface area contributed by atoms with Crippen molar-refractivity contribution in [2.75, 3.05) is 0 Å². The highest BCUT2D eigenvalue weighted by molar-refractivity contribution is 5.72. The quantitative estimate of drug-likeness (QED) is 0.122. The molecule has 92 heavy (non-hydrogen) atoms. The Morgan fingerprint density at radius 1 is 0.217 bits per heavy atom. The topological polar surface area (TPSA) is 147 Å². The van der Waals surface area contributed by atoms with Crippen molar-refractivity contribution in [2.24, 2.45) is 0 Å². The fourth-order valence-electron chi connectivity index (χ4n) is 10.4. The molecule has 0 aliphatic rings. The Bertz CT molecular complexity index is 4670. The third-order valence-electron chi connectivity index (χ3n) is 15.8. The lowest BCUT2D eigenvalue weighted by Crippen LogP contribution is -2.10. The molecular weight excluding hydrogens is 1130 g/mol. The minimum absolute atomic E-state index is 0.0914. The van der Waals surface area contributed by atoms with E-state index in [0.717, 1.165) is 67.4 Å². The highest BCUT2D eigenvalue weighted by Crippen LogP contribution is 2.35. The van der Waals surface area contributed by atoms with Crippen LogP contribution in [0.5, 0.6) is 0 Å². The molecule has 4 heterocycles. The molecule has 0 N–H and O–H groups in total. The van der Waals surface area contributed by atoms with Crippen molar-refractivity contribution in [3.63, 3.8) is 0 Å². The lowest BCUT2D eigenvalue weighted by atomic mass is 9.86. The molecule has 0 spiro atoms. The molecule has 0 saturated heterocycles. The summed E-state index contributed by atoms with van der Waals surface area (Å²) in [5.41, 5.74) is 17.2. The van der Waals surface area contributed by atoms with Gasteiger partial charge in [-0.15, -0.1) is 40.8 Å². The predicted molar refractivity (Wildman–Crippen MR) is 368 cm³/mol. The van der Waals surface area contributed by atoms with Crippen molar-refractivity contribution in [3.8, 4) is 119 Å². The third-order valence-corrected chi connectivity index (χ3v) is 15.8. The molecule has 10 aromatic carbocycles. The number of hydrogen-bond acceptors (Lipinski definition) is 11. The first kappa shape index (κ1) is 61.0. The van der Waals surface area contributed by atoms with Crippen LogP contribution in [0.15, 0.2) is 280 Å². The Kier molecular flexibility index (Phi) is 17.5. The van der Waals surface area contributed by atoms with E-state index in [1.54, 1.807) is 0 Å². The first-order chi connectivity index (χ1) is 44.5. The van der Waals surface area contributed by atoms with Crippen LogP contribution in [0.2, 0.25) is 0 Å². The molecule has 12 nitrogen and oxygen atoms in total. The normalized spacial score (nSPS) is 11.5. The zero-order chi connectivity index (χ0) is 63.8. The smallest absolute Gasteiger partial charge is 0.248 e. The van der Waals surface area contributed by atoms with Gasteiger partial charge in [0.25, 0.3) is 0 Å². The fraction of sp³-hybridized carbons (Fsp3) is 0.150. The summed E-state index contributed by atoms with van der Waals surface area (Å²) in [7, 11) is 0. The Balaban J connectivity index is 0.000000134.